The molecule has 0 aromatic carbocycles. The van der Waals surface area contributed by atoms with Crippen LogP contribution in [0.15, 0.2) is 0 Å². The van der Waals surface area contributed by atoms with Gasteiger partial charge in [0, 0.05) is 19.6 Å². The third kappa shape index (κ3) is 1.06. The number of nitrogens with zero attached hydrogens (tertiary/aromatic N) is 1. The molecule has 0 aromatic heterocycles. The zero-order chi connectivity index (χ0) is 8.60. The molecule has 0 bridgehead atoms. The second kappa shape index (κ2) is 2.62. The van der Waals surface area contributed by atoms with Crippen LogP contribution in [-0.2, 0) is 0 Å². The van der Waals surface area contributed by atoms with E-state index in [1.807, 2.05) is 11.8 Å². The van der Waals surface area contributed by atoms with Crippen LogP contribution in [0.3, 0.4) is 0 Å². The summed E-state index contributed by atoms with van der Waals surface area (Å²) in [6, 6.07) is 0.0983. The molecule has 12 heavy (non-hydrogen) atoms. The van der Waals surface area contributed by atoms with Gasteiger partial charge in [0.15, 0.2) is 0 Å². The number of amides is 2. The molecule has 2 amide bonds. The highest BCUT2D eigenvalue weighted by molar-refractivity contribution is 5.78. The molecule has 0 aromatic rings. The molecule has 2 N–H and O–H groups in total. The van der Waals surface area contributed by atoms with Crippen molar-refractivity contribution in [3.05, 3.63) is 0 Å². The van der Waals surface area contributed by atoms with Gasteiger partial charge in [-0.1, -0.05) is 0 Å². The number of carbonyl (C=O) groups is 1. The quantitative estimate of drug-likeness (QED) is 0.569. The van der Waals surface area contributed by atoms with Gasteiger partial charge >= 0.3 is 6.03 Å². The van der Waals surface area contributed by atoms with Crippen molar-refractivity contribution in [3.63, 3.8) is 0 Å². The first-order chi connectivity index (χ1) is 5.76. The van der Waals surface area contributed by atoms with Gasteiger partial charge in [-0.2, -0.15) is 0 Å². The fraction of sp³-hybridized carbons (Fsp3) is 0.875. The Labute approximate surface area is 72.3 Å². The molecule has 1 unspecified atom stereocenters. The zero-order valence-electron chi connectivity index (χ0n) is 7.39. The van der Waals surface area contributed by atoms with Crippen LogP contribution in [0.25, 0.3) is 0 Å². The van der Waals surface area contributed by atoms with Gasteiger partial charge < -0.3 is 15.5 Å². The molecule has 68 valence electrons. The largest absolute Gasteiger partial charge is 0.329 e. The summed E-state index contributed by atoms with van der Waals surface area (Å²) in [5.41, 5.74) is 0.0487. The fourth-order valence-corrected chi connectivity index (χ4v) is 2.02. The van der Waals surface area contributed by atoms with Gasteiger partial charge in [0.1, 0.15) is 0 Å². The lowest BCUT2D eigenvalue weighted by atomic mass is 10.0. The van der Waals surface area contributed by atoms with Gasteiger partial charge in [-0.15, -0.1) is 0 Å². The van der Waals surface area contributed by atoms with Gasteiger partial charge in [-0.3, -0.25) is 0 Å². The molecule has 1 spiro atoms. The Hall–Kier alpha value is -0.770. The summed E-state index contributed by atoms with van der Waals surface area (Å²) in [6.45, 7) is 5.65. The molecular formula is C8H15N3O. The SMILES string of the molecule is CCN1CC2(CCNC2)NC1=O. The molecule has 2 fully saturated rings. The van der Waals surface area contributed by atoms with Crippen molar-refractivity contribution < 1.29 is 4.79 Å². The van der Waals surface area contributed by atoms with E-state index in [1.165, 1.54) is 0 Å². The lowest BCUT2D eigenvalue weighted by Crippen LogP contribution is -2.45. The van der Waals surface area contributed by atoms with Gasteiger partial charge in [0.05, 0.1) is 5.54 Å². The van der Waals surface area contributed by atoms with Gasteiger partial charge in [-0.05, 0) is 19.9 Å². The number of likely N-dealkylation sites (N-methyl/N-ethyl adjacent to an activating group) is 1. The molecule has 4 nitrogen and oxygen atoms in total. The summed E-state index contributed by atoms with van der Waals surface area (Å²) < 4.78 is 0. The topological polar surface area (TPSA) is 44.4 Å². The molecule has 4 heteroatoms. The van der Waals surface area contributed by atoms with E-state index in [9.17, 15) is 4.79 Å². The Kier molecular flexibility index (Phi) is 1.72. The number of urea groups is 1. The standard InChI is InChI=1S/C8H15N3O/c1-2-11-6-8(10-7(11)12)3-4-9-5-8/h9H,2-6H2,1H3,(H,10,12). The van der Waals surface area contributed by atoms with Gasteiger partial charge in [-0.25, -0.2) is 4.79 Å². The monoisotopic (exact) mass is 169 g/mol. The highest BCUT2D eigenvalue weighted by Gasteiger charge is 2.43. The summed E-state index contributed by atoms with van der Waals surface area (Å²) in [6.07, 6.45) is 1.06. The molecule has 2 saturated heterocycles. The number of nitrogens with one attached hydrogen (secondary N) is 2. The number of hydrogen-bond donors (Lipinski definition) is 2. The summed E-state index contributed by atoms with van der Waals surface area (Å²) in [5, 5.41) is 6.33. The van der Waals surface area contributed by atoms with Crippen molar-refractivity contribution in [1.82, 2.24) is 15.5 Å². The lowest BCUT2D eigenvalue weighted by molar-refractivity contribution is 0.219. The number of carbonyl (C=O) groups excluding carboxylic acids is 1. The van der Waals surface area contributed by atoms with E-state index in [1.54, 1.807) is 0 Å². The van der Waals surface area contributed by atoms with Crippen molar-refractivity contribution in [1.29, 1.82) is 0 Å². The molecular weight excluding hydrogens is 154 g/mol. The molecule has 1 atom stereocenters. The second-order valence-electron chi connectivity index (χ2n) is 3.65. The van der Waals surface area contributed by atoms with Crippen LogP contribution >= 0.6 is 0 Å². The van der Waals surface area contributed by atoms with Crippen LogP contribution in [-0.4, -0.2) is 42.6 Å². The van der Waals surface area contributed by atoms with Crippen LogP contribution in [0.5, 0.6) is 0 Å². The summed E-state index contributed by atoms with van der Waals surface area (Å²) in [7, 11) is 0. The zero-order valence-corrected chi connectivity index (χ0v) is 7.39. The maximum Gasteiger partial charge on any atom is 0.318 e. The molecule has 0 saturated carbocycles. The van der Waals surface area contributed by atoms with Crippen LogP contribution in [0.4, 0.5) is 4.79 Å². The summed E-state index contributed by atoms with van der Waals surface area (Å²) >= 11 is 0. The van der Waals surface area contributed by atoms with Crippen molar-refractivity contribution in [3.8, 4) is 0 Å². The molecule has 2 rings (SSSR count). The maximum atomic E-state index is 11.4. The minimum Gasteiger partial charge on any atom is -0.329 e. The summed E-state index contributed by atoms with van der Waals surface area (Å²) in [5.74, 6) is 0. The molecule has 2 aliphatic rings. The first-order valence-corrected chi connectivity index (χ1v) is 4.54. The van der Waals surface area contributed by atoms with Crippen LogP contribution in [0, 0.1) is 0 Å². The Morgan fingerprint density at radius 1 is 1.67 bits per heavy atom. The predicted octanol–water partition coefficient (Wildman–Crippen LogP) is -0.236. The van der Waals surface area contributed by atoms with Crippen LogP contribution in [0.1, 0.15) is 13.3 Å². The first kappa shape index (κ1) is 7.86. The number of hydrogen-bond acceptors (Lipinski definition) is 2. The van der Waals surface area contributed by atoms with E-state index in [0.717, 1.165) is 32.6 Å². The Bertz CT molecular complexity index is 198. The van der Waals surface area contributed by atoms with E-state index in [4.69, 9.17) is 0 Å². The lowest BCUT2D eigenvalue weighted by Gasteiger charge is -2.20. The van der Waals surface area contributed by atoms with E-state index in [2.05, 4.69) is 10.6 Å². The van der Waals surface area contributed by atoms with Crippen molar-refractivity contribution >= 4 is 6.03 Å². The van der Waals surface area contributed by atoms with E-state index in [0.29, 0.717) is 0 Å². The third-order valence-electron chi connectivity index (χ3n) is 2.78. The van der Waals surface area contributed by atoms with Gasteiger partial charge in [0.2, 0.25) is 0 Å². The normalized spacial score (nSPS) is 34.8. The van der Waals surface area contributed by atoms with Gasteiger partial charge in [0.25, 0.3) is 0 Å². The minimum atomic E-state index is 0.0487. The number of rotatable bonds is 1. The Balaban J connectivity index is 2.08. The third-order valence-corrected chi connectivity index (χ3v) is 2.78. The molecule has 0 radical (unpaired) electrons. The highest BCUT2D eigenvalue weighted by Crippen LogP contribution is 2.21. The second-order valence-corrected chi connectivity index (χ2v) is 3.65. The maximum absolute atomic E-state index is 11.4. The molecule has 2 aliphatic heterocycles. The van der Waals surface area contributed by atoms with E-state index in [-0.39, 0.29) is 11.6 Å². The first-order valence-electron chi connectivity index (χ1n) is 4.54. The van der Waals surface area contributed by atoms with E-state index >= 15 is 0 Å². The minimum absolute atomic E-state index is 0.0487. The van der Waals surface area contributed by atoms with Crippen molar-refractivity contribution in [2.75, 3.05) is 26.2 Å². The predicted molar refractivity (Wildman–Crippen MR) is 46.0 cm³/mol. The fourth-order valence-electron chi connectivity index (χ4n) is 2.02. The Morgan fingerprint density at radius 2 is 2.50 bits per heavy atom. The highest BCUT2D eigenvalue weighted by atomic mass is 16.2. The van der Waals surface area contributed by atoms with E-state index < -0.39 is 0 Å². The van der Waals surface area contributed by atoms with Crippen molar-refractivity contribution in [2.45, 2.75) is 18.9 Å². The molecule has 2 heterocycles. The Morgan fingerprint density at radius 3 is 3.00 bits per heavy atom. The van der Waals surface area contributed by atoms with Crippen molar-refractivity contribution in [2.24, 2.45) is 0 Å². The van der Waals surface area contributed by atoms with Crippen LogP contribution < -0.4 is 10.6 Å². The smallest absolute Gasteiger partial charge is 0.318 e. The average molecular weight is 169 g/mol. The van der Waals surface area contributed by atoms with Crippen LogP contribution in [0.2, 0.25) is 0 Å². The molecule has 0 aliphatic carbocycles. The average Bonchev–Trinajstić information content (AvgIpc) is 2.60. The summed E-state index contributed by atoms with van der Waals surface area (Å²) in [4.78, 5) is 13.2.